The largest absolute Gasteiger partial charge is 0.449 e. The van der Waals surface area contributed by atoms with E-state index in [0.717, 1.165) is 18.0 Å². The van der Waals surface area contributed by atoms with Crippen LogP contribution in [-0.4, -0.2) is 16.7 Å². The minimum atomic E-state index is 0.133. The van der Waals surface area contributed by atoms with Crippen LogP contribution in [-0.2, 0) is 12.8 Å². The molecule has 3 nitrogen and oxygen atoms in total. The average Bonchev–Trinajstić information content (AvgIpc) is 2.36. The molecule has 1 aromatic rings. The fourth-order valence-corrected chi connectivity index (χ4v) is 1.02. The summed E-state index contributed by atoms with van der Waals surface area (Å²) in [4.78, 5) is 4.21. The molecule has 1 rings (SSSR count). The van der Waals surface area contributed by atoms with E-state index in [-0.39, 0.29) is 6.61 Å². The van der Waals surface area contributed by atoms with Crippen LogP contribution >= 0.6 is 0 Å². The number of hydrogen-bond acceptors (Lipinski definition) is 3. The second kappa shape index (κ2) is 4.26. The predicted molar refractivity (Wildman–Crippen MR) is 45.8 cm³/mol. The Labute approximate surface area is 72.4 Å². The summed E-state index contributed by atoms with van der Waals surface area (Å²) in [7, 11) is 0. The van der Waals surface area contributed by atoms with E-state index in [1.807, 2.05) is 0 Å². The highest BCUT2D eigenvalue weighted by molar-refractivity contribution is 4.96. The highest BCUT2D eigenvalue weighted by Gasteiger charge is 2.04. The summed E-state index contributed by atoms with van der Waals surface area (Å²) in [6.45, 7) is 4.37. The van der Waals surface area contributed by atoms with Crippen molar-refractivity contribution in [2.24, 2.45) is 5.92 Å². The van der Waals surface area contributed by atoms with Gasteiger partial charge in [-0.2, -0.15) is 0 Å². The first kappa shape index (κ1) is 9.26. The molecular formula is C9H15NO2. The smallest absolute Gasteiger partial charge is 0.194 e. The number of aliphatic hydroxyl groups is 1. The second-order valence-corrected chi connectivity index (χ2v) is 3.30. The van der Waals surface area contributed by atoms with Crippen LogP contribution in [0.3, 0.4) is 0 Å². The van der Waals surface area contributed by atoms with Crippen LogP contribution in [0, 0.1) is 5.92 Å². The lowest BCUT2D eigenvalue weighted by molar-refractivity contribution is 0.298. The van der Waals surface area contributed by atoms with Gasteiger partial charge in [0.05, 0.1) is 5.69 Å². The Hall–Kier alpha value is -0.830. The molecular weight excluding hydrogens is 154 g/mol. The van der Waals surface area contributed by atoms with E-state index < -0.39 is 0 Å². The van der Waals surface area contributed by atoms with E-state index in [1.165, 1.54) is 0 Å². The molecule has 1 heterocycles. The van der Waals surface area contributed by atoms with Crippen LogP contribution in [0.25, 0.3) is 0 Å². The van der Waals surface area contributed by atoms with Gasteiger partial charge in [0.15, 0.2) is 5.89 Å². The Bertz CT molecular complexity index is 230. The van der Waals surface area contributed by atoms with Crippen molar-refractivity contribution < 1.29 is 9.52 Å². The predicted octanol–water partition coefficient (Wildman–Crippen LogP) is 1.41. The van der Waals surface area contributed by atoms with Crippen LogP contribution in [0.5, 0.6) is 0 Å². The topological polar surface area (TPSA) is 46.3 Å². The van der Waals surface area contributed by atoms with Gasteiger partial charge in [0.2, 0.25) is 0 Å². The molecule has 0 spiro atoms. The Morgan fingerprint density at radius 1 is 1.58 bits per heavy atom. The lowest BCUT2D eigenvalue weighted by Crippen LogP contribution is -1.95. The molecule has 0 saturated carbocycles. The summed E-state index contributed by atoms with van der Waals surface area (Å²) in [5.74, 6) is 1.33. The number of nitrogens with zero attached hydrogens (tertiary/aromatic N) is 1. The number of hydrogen-bond donors (Lipinski definition) is 1. The third-order valence-electron chi connectivity index (χ3n) is 1.55. The lowest BCUT2D eigenvalue weighted by atomic mass is 10.1. The summed E-state index contributed by atoms with van der Waals surface area (Å²) in [5.41, 5.74) is 0.841. The van der Waals surface area contributed by atoms with Gasteiger partial charge in [0, 0.05) is 19.4 Å². The molecule has 0 atom stereocenters. The maximum atomic E-state index is 8.63. The molecule has 0 aliphatic rings. The molecule has 1 aromatic heterocycles. The van der Waals surface area contributed by atoms with Crippen LogP contribution in [0.1, 0.15) is 25.4 Å². The first-order valence-electron chi connectivity index (χ1n) is 4.26. The second-order valence-electron chi connectivity index (χ2n) is 3.30. The first-order valence-corrected chi connectivity index (χ1v) is 4.26. The third-order valence-corrected chi connectivity index (χ3v) is 1.55. The molecule has 0 aliphatic carbocycles. The van der Waals surface area contributed by atoms with E-state index in [1.54, 1.807) is 6.26 Å². The molecule has 1 N–H and O–H groups in total. The minimum Gasteiger partial charge on any atom is -0.449 e. The Kier molecular flexibility index (Phi) is 3.29. The zero-order valence-electron chi connectivity index (χ0n) is 7.58. The summed E-state index contributed by atoms with van der Waals surface area (Å²) in [5, 5.41) is 8.63. The Morgan fingerprint density at radius 3 is 2.92 bits per heavy atom. The number of aliphatic hydroxyl groups excluding tert-OH is 1. The molecule has 0 bridgehead atoms. The standard InChI is InChI=1S/C9H15NO2/c1-7(2)5-9-10-8(3-4-11)6-12-9/h6-7,11H,3-5H2,1-2H3. The van der Waals surface area contributed by atoms with Crippen molar-refractivity contribution in [1.29, 1.82) is 0 Å². The fraction of sp³-hybridized carbons (Fsp3) is 0.667. The SMILES string of the molecule is CC(C)Cc1nc(CCO)co1. The van der Waals surface area contributed by atoms with Gasteiger partial charge in [-0.25, -0.2) is 4.98 Å². The van der Waals surface area contributed by atoms with E-state index in [9.17, 15) is 0 Å². The van der Waals surface area contributed by atoms with Crippen molar-refractivity contribution in [3.05, 3.63) is 17.8 Å². The summed E-state index contributed by atoms with van der Waals surface area (Å²) < 4.78 is 5.21. The molecule has 0 amide bonds. The quantitative estimate of drug-likeness (QED) is 0.741. The number of rotatable bonds is 4. The molecule has 0 radical (unpaired) electrons. The summed E-state index contributed by atoms with van der Waals surface area (Å²) in [6, 6.07) is 0. The average molecular weight is 169 g/mol. The highest BCUT2D eigenvalue weighted by atomic mass is 16.3. The molecule has 0 unspecified atom stereocenters. The van der Waals surface area contributed by atoms with E-state index in [0.29, 0.717) is 12.3 Å². The molecule has 0 aromatic carbocycles. The molecule has 3 heteroatoms. The van der Waals surface area contributed by atoms with Gasteiger partial charge in [-0.1, -0.05) is 13.8 Å². The minimum absolute atomic E-state index is 0.133. The molecule has 12 heavy (non-hydrogen) atoms. The van der Waals surface area contributed by atoms with E-state index in [4.69, 9.17) is 9.52 Å². The van der Waals surface area contributed by atoms with Gasteiger partial charge in [0.1, 0.15) is 6.26 Å². The number of oxazole rings is 1. The van der Waals surface area contributed by atoms with Crippen molar-refractivity contribution in [3.63, 3.8) is 0 Å². The fourth-order valence-electron chi connectivity index (χ4n) is 1.02. The maximum Gasteiger partial charge on any atom is 0.194 e. The molecule has 0 aliphatic heterocycles. The van der Waals surface area contributed by atoms with Crippen molar-refractivity contribution in [3.8, 4) is 0 Å². The third kappa shape index (κ3) is 2.66. The summed E-state index contributed by atoms with van der Waals surface area (Å²) >= 11 is 0. The normalized spacial score (nSPS) is 11.0. The van der Waals surface area contributed by atoms with E-state index in [2.05, 4.69) is 18.8 Å². The van der Waals surface area contributed by atoms with Gasteiger partial charge >= 0.3 is 0 Å². The monoisotopic (exact) mass is 169 g/mol. The zero-order valence-corrected chi connectivity index (χ0v) is 7.58. The number of aromatic nitrogens is 1. The molecule has 68 valence electrons. The van der Waals surface area contributed by atoms with Crippen molar-refractivity contribution in [2.45, 2.75) is 26.7 Å². The molecule has 0 fully saturated rings. The van der Waals surface area contributed by atoms with Gasteiger partial charge in [-0.05, 0) is 5.92 Å². The van der Waals surface area contributed by atoms with Crippen LogP contribution in [0.4, 0.5) is 0 Å². The van der Waals surface area contributed by atoms with Crippen molar-refractivity contribution in [1.82, 2.24) is 4.98 Å². The van der Waals surface area contributed by atoms with Crippen LogP contribution < -0.4 is 0 Å². The lowest BCUT2D eigenvalue weighted by Gasteiger charge is -1.97. The van der Waals surface area contributed by atoms with Gasteiger partial charge < -0.3 is 9.52 Å². The van der Waals surface area contributed by atoms with E-state index >= 15 is 0 Å². The van der Waals surface area contributed by atoms with Crippen LogP contribution in [0.15, 0.2) is 10.7 Å². The molecule has 0 saturated heterocycles. The summed E-state index contributed by atoms with van der Waals surface area (Å²) in [6.07, 6.45) is 3.07. The Balaban J connectivity index is 2.52. The van der Waals surface area contributed by atoms with Crippen LogP contribution in [0.2, 0.25) is 0 Å². The van der Waals surface area contributed by atoms with Crippen molar-refractivity contribution in [2.75, 3.05) is 6.61 Å². The van der Waals surface area contributed by atoms with Crippen molar-refractivity contribution >= 4 is 0 Å². The zero-order chi connectivity index (χ0) is 8.97. The highest BCUT2D eigenvalue weighted by Crippen LogP contribution is 2.08. The first-order chi connectivity index (χ1) is 5.72. The van der Waals surface area contributed by atoms with Gasteiger partial charge in [-0.15, -0.1) is 0 Å². The van der Waals surface area contributed by atoms with Gasteiger partial charge in [-0.3, -0.25) is 0 Å². The Morgan fingerprint density at radius 2 is 2.33 bits per heavy atom. The van der Waals surface area contributed by atoms with Gasteiger partial charge in [0.25, 0.3) is 0 Å². The maximum absolute atomic E-state index is 8.63.